The minimum absolute atomic E-state index is 0.303. The second-order valence-electron chi connectivity index (χ2n) is 6.36. The Morgan fingerprint density at radius 2 is 1.95 bits per heavy atom. The number of piperidine rings is 1. The lowest BCUT2D eigenvalue weighted by molar-refractivity contribution is 0.111. The highest BCUT2D eigenvalue weighted by Gasteiger charge is 2.23. The van der Waals surface area contributed by atoms with Crippen molar-refractivity contribution >= 4 is 0 Å². The molecule has 0 amide bonds. The van der Waals surface area contributed by atoms with Crippen LogP contribution in [0.1, 0.15) is 63.1 Å². The van der Waals surface area contributed by atoms with Gasteiger partial charge in [0.15, 0.2) is 0 Å². The largest absolute Gasteiger partial charge is 0.396 e. The minimum Gasteiger partial charge on any atom is -0.396 e. The Morgan fingerprint density at radius 1 is 1.15 bits per heavy atom. The average molecular weight is 277 g/mol. The molecule has 0 bridgehead atoms. The molecule has 2 fully saturated rings. The Balaban J connectivity index is 1.61. The van der Waals surface area contributed by atoms with E-state index in [1.54, 1.807) is 0 Å². The minimum atomic E-state index is 0.303. The zero-order valence-corrected chi connectivity index (χ0v) is 12.4. The van der Waals surface area contributed by atoms with Crippen LogP contribution in [-0.2, 0) is 6.54 Å². The van der Waals surface area contributed by atoms with Crippen LogP contribution in [-0.4, -0.2) is 39.0 Å². The number of hydrogen-bond donors (Lipinski definition) is 1. The maximum absolute atomic E-state index is 9.20. The zero-order chi connectivity index (χ0) is 13.8. The molecule has 1 unspecified atom stereocenters. The SMILES string of the molecule is OCCC1CCCCN1Cc1ccn(C2CCCC2)n1. The summed E-state index contributed by atoms with van der Waals surface area (Å²) >= 11 is 0. The van der Waals surface area contributed by atoms with Gasteiger partial charge in [0.1, 0.15) is 0 Å². The van der Waals surface area contributed by atoms with Crippen LogP contribution >= 0.6 is 0 Å². The zero-order valence-electron chi connectivity index (χ0n) is 12.4. The molecule has 4 nitrogen and oxygen atoms in total. The summed E-state index contributed by atoms with van der Waals surface area (Å²) in [6.07, 6.45) is 12.2. The molecular weight excluding hydrogens is 250 g/mol. The number of aliphatic hydroxyl groups is 1. The summed E-state index contributed by atoms with van der Waals surface area (Å²) in [5.74, 6) is 0. The van der Waals surface area contributed by atoms with Crippen molar-refractivity contribution in [2.45, 2.75) is 70.0 Å². The van der Waals surface area contributed by atoms with Crippen molar-refractivity contribution in [1.82, 2.24) is 14.7 Å². The predicted octanol–water partition coefficient (Wildman–Crippen LogP) is 2.74. The first-order valence-electron chi connectivity index (χ1n) is 8.26. The number of hydrogen-bond acceptors (Lipinski definition) is 3. The number of aromatic nitrogens is 2. The highest BCUT2D eigenvalue weighted by molar-refractivity contribution is 5.01. The topological polar surface area (TPSA) is 41.3 Å². The molecule has 2 aliphatic rings. The van der Waals surface area contributed by atoms with E-state index < -0.39 is 0 Å². The molecule has 1 aromatic heterocycles. The molecule has 4 heteroatoms. The van der Waals surface area contributed by atoms with Crippen LogP contribution in [0.3, 0.4) is 0 Å². The third-order valence-electron chi connectivity index (χ3n) is 4.94. The smallest absolute Gasteiger partial charge is 0.0765 e. The number of nitrogens with zero attached hydrogens (tertiary/aromatic N) is 3. The fourth-order valence-corrected chi connectivity index (χ4v) is 3.79. The van der Waals surface area contributed by atoms with E-state index in [2.05, 4.69) is 21.8 Å². The number of rotatable bonds is 5. The summed E-state index contributed by atoms with van der Waals surface area (Å²) in [6, 6.07) is 3.37. The van der Waals surface area contributed by atoms with E-state index in [9.17, 15) is 5.11 Å². The Labute approximate surface area is 121 Å². The van der Waals surface area contributed by atoms with E-state index in [1.165, 1.54) is 50.6 Å². The van der Waals surface area contributed by atoms with Crippen LogP contribution < -0.4 is 0 Å². The summed E-state index contributed by atoms with van der Waals surface area (Å²) in [5, 5.41) is 14.0. The van der Waals surface area contributed by atoms with Crippen molar-refractivity contribution < 1.29 is 5.11 Å². The van der Waals surface area contributed by atoms with E-state index in [-0.39, 0.29) is 0 Å². The van der Waals surface area contributed by atoms with Crippen LogP contribution in [0, 0.1) is 0 Å². The molecular formula is C16H27N3O. The van der Waals surface area contributed by atoms with Gasteiger partial charge in [0, 0.05) is 25.4 Å². The van der Waals surface area contributed by atoms with Crippen molar-refractivity contribution in [3.63, 3.8) is 0 Å². The van der Waals surface area contributed by atoms with E-state index in [0.29, 0.717) is 18.7 Å². The first-order chi connectivity index (χ1) is 9.86. The quantitative estimate of drug-likeness (QED) is 0.899. The van der Waals surface area contributed by atoms with Crippen molar-refractivity contribution in [2.24, 2.45) is 0 Å². The van der Waals surface area contributed by atoms with Crippen LogP contribution in [0.5, 0.6) is 0 Å². The van der Waals surface area contributed by atoms with E-state index in [0.717, 1.165) is 19.5 Å². The summed E-state index contributed by atoms with van der Waals surface area (Å²) in [5.41, 5.74) is 1.20. The van der Waals surface area contributed by atoms with Crippen LogP contribution in [0.15, 0.2) is 12.3 Å². The molecule has 0 spiro atoms. The van der Waals surface area contributed by atoms with Crippen molar-refractivity contribution in [2.75, 3.05) is 13.2 Å². The summed E-state index contributed by atoms with van der Waals surface area (Å²) < 4.78 is 2.19. The van der Waals surface area contributed by atoms with Gasteiger partial charge in [-0.2, -0.15) is 5.10 Å². The van der Waals surface area contributed by atoms with Gasteiger partial charge in [-0.15, -0.1) is 0 Å². The maximum atomic E-state index is 9.20. The van der Waals surface area contributed by atoms with Gasteiger partial charge in [0.05, 0.1) is 11.7 Å². The van der Waals surface area contributed by atoms with Gasteiger partial charge in [0.2, 0.25) is 0 Å². The number of likely N-dealkylation sites (tertiary alicyclic amines) is 1. The van der Waals surface area contributed by atoms with Gasteiger partial charge in [-0.05, 0) is 44.7 Å². The molecule has 2 heterocycles. The molecule has 1 saturated heterocycles. The monoisotopic (exact) mass is 277 g/mol. The third-order valence-corrected chi connectivity index (χ3v) is 4.94. The molecule has 1 aliphatic heterocycles. The van der Waals surface area contributed by atoms with Gasteiger partial charge in [0.25, 0.3) is 0 Å². The second kappa shape index (κ2) is 6.72. The van der Waals surface area contributed by atoms with Crippen LogP contribution in [0.2, 0.25) is 0 Å². The molecule has 1 saturated carbocycles. The fourth-order valence-electron chi connectivity index (χ4n) is 3.79. The molecule has 1 atom stereocenters. The normalized spacial score (nSPS) is 25.4. The Hall–Kier alpha value is -0.870. The first-order valence-corrected chi connectivity index (χ1v) is 8.26. The van der Waals surface area contributed by atoms with E-state index in [1.807, 2.05) is 0 Å². The van der Waals surface area contributed by atoms with Crippen molar-refractivity contribution in [3.8, 4) is 0 Å². The maximum Gasteiger partial charge on any atom is 0.0765 e. The van der Waals surface area contributed by atoms with Crippen molar-refractivity contribution in [3.05, 3.63) is 18.0 Å². The molecule has 1 aliphatic carbocycles. The molecule has 112 valence electrons. The second-order valence-corrected chi connectivity index (χ2v) is 6.36. The molecule has 0 aromatic carbocycles. The standard InChI is InChI=1S/C16H27N3O/c20-12-9-15-5-3-4-10-18(15)13-14-8-11-19(17-14)16-6-1-2-7-16/h8,11,15-16,20H,1-7,9-10,12-13H2. The summed E-state index contributed by atoms with van der Waals surface area (Å²) in [6.45, 7) is 2.41. The fraction of sp³-hybridized carbons (Fsp3) is 0.812. The predicted molar refractivity (Wildman–Crippen MR) is 79.5 cm³/mol. The first kappa shape index (κ1) is 14.1. The molecule has 0 radical (unpaired) electrons. The average Bonchev–Trinajstić information content (AvgIpc) is 3.12. The molecule has 1 aromatic rings. The van der Waals surface area contributed by atoms with Gasteiger partial charge < -0.3 is 5.11 Å². The Bertz CT molecular complexity index is 410. The van der Waals surface area contributed by atoms with Crippen LogP contribution in [0.25, 0.3) is 0 Å². The third kappa shape index (κ3) is 3.23. The van der Waals surface area contributed by atoms with E-state index >= 15 is 0 Å². The van der Waals surface area contributed by atoms with E-state index in [4.69, 9.17) is 5.10 Å². The molecule has 3 rings (SSSR count). The number of aliphatic hydroxyl groups excluding tert-OH is 1. The Morgan fingerprint density at radius 3 is 2.75 bits per heavy atom. The summed E-state index contributed by atoms with van der Waals surface area (Å²) in [4.78, 5) is 2.51. The van der Waals surface area contributed by atoms with Crippen LogP contribution in [0.4, 0.5) is 0 Å². The highest BCUT2D eigenvalue weighted by atomic mass is 16.3. The van der Waals surface area contributed by atoms with Gasteiger partial charge in [-0.3, -0.25) is 9.58 Å². The summed E-state index contributed by atoms with van der Waals surface area (Å²) in [7, 11) is 0. The van der Waals surface area contributed by atoms with Gasteiger partial charge >= 0.3 is 0 Å². The van der Waals surface area contributed by atoms with Gasteiger partial charge in [-0.1, -0.05) is 19.3 Å². The Kier molecular flexibility index (Phi) is 4.73. The lowest BCUT2D eigenvalue weighted by atomic mass is 9.99. The lowest BCUT2D eigenvalue weighted by Gasteiger charge is -2.34. The van der Waals surface area contributed by atoms with Crippen molar-refractivity contribution in [1.29, 1.82) is 0 Å². The highest BCUT2D eigenvalue weighted by Crippen LogP contribution is 2.29. The lowest BCUT2D eigenvalue weighted by Crippen LogP contribution is -2.39. The molecule has 1 N–H and O–H groups in total. The molecule has 20 heavy (non-hydrogen) atoms. The van der Waals surface area contributed by atoms with Gasteiger partial charge in [-0.25, -0.2) is 0 Å².